The number of nitrogens with zero attached hydrogens (tertiary/aromatic N) is 2. The number of likely N-dealkylation sites (tertiary alicyclic amines) is 1. The Labute approximate surface area is 159 Å². The second-order valence-electron chi connectivity index (χ2n) is 7.67. The summed E-state index contributed by atoms with van der Waals surface area (Å²) < 4.78 is 5.83. The maximum Gasteiger partial charge on any atom is 0.229 e. The molecule has 1 unspecified atom stereocenters. The lowest BCUT2D eigenvalue weighted by Crippen LogP contribution is -2.42. The van der Waals surface area contributed by atoms with Crippen LogP contribution in [-0.4, -0.2) is 33.8 Å². The Balaban J connectivity index is 1.66. The van der Waals surface area contributed by atoms with Crippen molar-refractivity contribution in [1.82, 2.24) is 9.88 Å². The average molecular weight is 367 g/mol. The van der Waals surface area contributed by atoms with Gasteiger partial charge in [-0.15, -0.1) is 0 Å². The first-order valence-corrected chi connectivity index (χ1v) is 9.07. The highest BCUT2D eigenvalue weighted by Crippen LogP contribution is 2.29. The minimum absolute atomic E-state index is 0.0161. The Morgan fingerprint density at radius 3 is 2.63 bits per heavy atom. The number of anilines is 1. The fraction of sp³-hybridized carbons (Fsp3) is 0.381. The van der Waals surface area contributed by atoms with Crippen molar-refractivity contribution >= 4 is 17.5 Å². The maximum absolute atomic E-state index is 12.7. The van der Waals surface area contributed by atoms with Crippen LogP contribution in [0.4, 0.5) is 5.69 Å². The Kier molecular flexibility index (Phi) is 5.44. The fourth-order valence-electron chi connectivity index (χ4n) is 3.10. The maximum atomic E-state index is 12.7. The summed E-state index contributed by atoms with van der Waals surface area (Å²) in [6.45, 7) is 6.68. The van der Waals surface area contributed by atoms with Gasteiger partial charge in [0.05, 0.1) is 17.3 Å². The van der Waals surface area contributed by atoms with E-state index in [1.807, 2.05) is 51.1 Å². The molecule has 1 aliphatic rings. The van der Waals surface area contributed by atoms with E-state index in [-0.39, 0.29) is 29.7 Å². The van der Waals surface area contributed by atoms with Crippen molar-refractivity contribution in [3.05, 3.63) is 54.4 Å². The van der Waals surface area contributed by atoms with E-state index in [0.717, 1.165) is 5.69 Å². The lowest BCUT2D eigenvalue weighted by Gasteiger charge is -2.31. The van der Waals surface area contributed by atoms with Crippen molar-refractivity contribution in [2.24, 2.45) is 5.92 Å². The second kappa shape index (κ2) is 7.78. The molecule has 0 saturated carbocycles. The minimum Gasteiger partial charge on any atom is -0.485 e. The van der Waals surface area contributed by atoms with E-state index < -0.39 is 0 Å². The van der Waals surface area contributed by atoms with Gasteiger partial charge in [-0.25, -0.2) is 0 Å². The first-order chi connectivity index (χ1) is 12.8. The zero-order chi connectivity index (χ0) is 19.4. The molecule has 1 saturated heterocycles. The molecule has 2 amide bonds. The van der Waals surface area contributed by atoms with Crippen molar-refractivity contribution in [1.29, 1.82) is 0 Å². The van der Waals surface area contributed by atoms with E-state index in [4.69, 9.17) is 4.74 Å². The molecule has 1 aromatic heterocycles. The Hall–Kier alpha value is -2.89. The molecule has 1 fully saturated rings. The second-order valence-corrected chi connectivity index (χ2v) is 7.67. The quantitative estimate of drug-likeness (QED) is 0.881. The summed E-state index contributed by atoms with van der Waals surface area (Å²) >= 11 is 0. The summed E-state index contributed by atoms with van der Waals surface area (Å²) in [7, 11) is 0. The molecule has 1 aromatic carbocycles. The summed E-state index contributed by atoms with van der Waals surface area (Å²) in [5.41, 5.74) is 1.12. The van der Waals surface area contributed by atoms with E-state index in [9.17, 15) is 9.59 Å². The molecule has 1 N–H and O–H groups in total. The summed E-state index contributed by atoms with van der Waals surface area (Å²) in [4.78, 5) is 30.9. The van der Waals surface area contributed by atoms with Crippen LogP contribution in [0.1, 0.15) is 32.9 Å². The summed E-state index contributed by atoms with van der Waals surface area (Å²) in [6, 6.07) is 12.9. The van der Waals surface area contributed by atoms with Gasteiger partial charge < -0.3 is 15.0 Å². The van der Waals surface area contributed by atoms with Gasteiger partial charge in [0.1, 0.15) is 12.4 Å². The zero-order valence-corrected chi connectivity index (χ0v) is 15.9. The SMILES string of the molecule is CC(C)(C)N1CC(C(=O)Nc2ccccc2OCc2ccccn2)CC1=O. The summed E-state index contributed by atoms with van der Waals surface area (Å²) in [5.74, 6) is 0.0698. The van der Waals surface area contributed by atoms with Crippen LogP contribution in [0.5, 0.6) is 5.75 Å². The largest absolute Gasteiger partial charge is 0.485 e. The summed E-state index contributed by atoms with van der Waals surface area (Å²) in [5, 5.41) is 2.92. The van der Waals surface area contributed by atoms with Gasteiger partial charge in [0.25, 0.3) is 0 Å². The Bertz CT molecular complexity index is 815. The third-order valence-corrected chi connectivity index (χ3v) is 4.55. The number of hydrogen-bond donors (Lipinski definition) is 1. The monoisotopic (exact) mass is 367 g/mol. The smallest absolute Gasteiger partial charge is 0.229 e. The van der Waals surface area contributed by atoms with Gasteiger partial charge in [0, 0.05) is 24.7 Å². The van der Waals surface area contributed by atoms with E-state index in [2.05, 4.69) is 10.3 Å². The highest BCUT2D eigenvalue weighted by molar-refractivity contribution is 5.98. The third-order valence-electron chi connectivity index (χ3n) is 4.55. The predicted octanol–water partition coefficient (Wildman–Crippen LogP) is 3.25. The Morgan fingerprint density at radius 1 is 1.22 bits per heavy atom. The van der Waals surface area contributed by atoms with Crippen LogP contribution in [0, 0.1) is 5.92 Å². The van der Waals surface area contributed by atoms with Crippen LogP contribution in [0.2, 0.25) is 0 Å². The van der Waals surface area contributed by atoms with Crippen LogP contribution in [-0.2, 0) is 16.2 Å². The highest BCUT2D eigenvalue weighted by atomic mass is 16.5. The summed E-state index contributed by atoms with van der Waals surface area (Å²) in [6.07, 6.45) is 1.95. The zero-order valence-electron chi connectivity index (χ0n) is 15.9. The van der Waals surface area contributed by atoms with Crippen LogP contribution in [0.25, 0.3) is 0 Å². The van der Waals surface area contributed by atoms with Gasteiger partial charge in [-0.1, -0.05) is 18.2 Å². The number of nitrogens with one attached hydrogen (secondary N) is 1. The number of amides is 2. The van der Waals surface area contributed by atoms with Crippen LogP contribution >= 0.6 is 0 Å². The number of aromatic nitrogens is 1. The molecule has 2 heterocycles. The number of ether oxygens (including phenoxy) is 1. The number of carbonyl (C=O) groups excluding carboxylic acids is 2. The van der Waals surface area contributed by atoms with Crippen molar-refractivity contribution in [3.8, 4) is 5.75 Å². The average Bonchev–Trinajstić information content (AvgIpc) is 3.04. The molecule has 6 nitrogen and oxygen atoms in total. The van der Waals surface area contributed by atoms with Crippen LogP contribution < -0.4 is 10.1 Å². The number of benzene rings is 1. The number of rotatable bonds is 5. The molecular formula is C21H25N3O3. The molecule has 6 heteroatoms. The van der Waals surface area contributed by atoms with Gasteiger partial charge in [-0.05, 0) is 45.0 Å². The molecule has 0 spiro atoms. The lowest BCUT2D eigenvalue weighted by molar-refractivity contribution is -0.131. The Morgan fingerprint density at radius 2 is 1.96 bits per heavy atom. The normalized spacial score (nSPS) is 17.1. The molecule has 0 aliphatic carbocycles. The van der Waals surface area contributed by atoms with Crippen molar-refractivity contribution < 1.29 is 14.3 Å². The van der Waals surface area contributed by atoms with Crippen molar-refractivity contribution in [2.45, 2.75) is 39.3 Å². The molecular weight excluding hydrogens is 342 g/mol. The van der Waals surface area contributed by atoms with E-state index in [0.29, 0.717) is 24.6 Å². The molecule has 3 rings (SSSR count). The predicted molar refractivity (Wildman–Crippen MR) is 103 cm³/mol. The topological polar surface area (TPSA) is 71.5 Å². The third kappa shape index (κ3) is 4.64. The first-order valence-electron chi connectivity index (χ1n) is 9.07. The molecule has 1 aliphatic heterocycles. The standard InChI is InChI=1S/C21H25N3O3/c1-21(2,3)24-13-15(12-19(24)25)20(26)23-17-9-4-5-10-18(17)27-14-16-8-6-7-11-22-16/h4-11,15H,12-14H2,1-3H3,(H,23,26). The van der Waals surface area contributed by atoms with E-state index >= 15 is 0 Å². The molecule has 2 aromatic rings. The fourth-order valence-corrected chi connectivity index (χ4v) is 3.10. The van der Waals surface area contributed by atoms with E-state index in [1.54, 1.807) is 23.2 Å². The van der Waals surface area contributed by atoms with Crippen LogP contribution in [0.3, 0.4) is 0 Å². The molecule has 0 bridgehead atoms. The van der Waals surface area contributed by atoms with Gasteiger partial charge in [-0.2, -0.15) is 0 Å². The van der Waals surface area contributed by atoms with Gasteiger partial charge in [0.2, 0.25) is 11.8 Å². The van der Waals surface area contributed by atoms with Gasteiger partial charge in [0.15, 0.2) is 0 Å². The van der Waals surface area contributed by atoms with Crippen molar-refractivity contribution in [2.75, 3.05) is 11.9 Å². The van der Waals surface area contributed by atoms with E-state index in [1.165, 1.54) is 0 Å². The molecule has 142 valence electrons. The molecule has 1 atom stereocenters. The number of para-hydroxylation sites is 2. The van der Waals surface area contributed by atoms with Gasteiger partial charge in [-0.3, -0.25) is 14.6 Å². The van der Waals surface area contributed by atoms with Crippen molar-refractivity contribution in [3.63, 3.8) is 0 Å². The minimum atomic E-state index is -0.361. The van der Waals surface area contributed by atoms with Crippen LogP contribution in [0.15, 0.2) is 48.7 Å². The first kappa shape index (κ1) is 18.9. The highest BCUT2D eigenvalue weighted by Gasteiger charge is 2.39. The number of hydrogen-bond acceptors (Lipinski definition) is 4. The number of carbonyl (C=O) groups is 2. The number of pyridine rings is 1. The lowest BCUT2D eigenvalue weighted by atomic mass is 10.1. The molecule has 0 radical (unpaired) electrons. The van der Waals surface area contributed by atoms with Gasteiger partial charge >= 0.3 is 0 Å². The molecule has 27 heavy (non-hydrogen) atoms.